The Balaban J connectivity index is 1.94. The van der Waals surface area contributed by atoms with Gasteiger partial charge >= 0.3 is 0 Å². The molecule has 23 heavy (non-hydrogen) atoms. The van der Waals surface area contributed by atoms with Crippen molar-refractivity contribution in [2.45, 2.75) is 18.4 Å². The van der Waals surface area contributed by atoms with Crippen LogP contribution in [0.1, 0.15) is 17.9 Å². The monoisotopic (exact) mass is 332 g/mol. The summed E-state index contributed by atoms with van der Waals surface area (Å²) in [4.78, 5) is 0. The minimum absolute atomic E-state index is 0.276. The Hall–Kier alpha value is -2.05. The molecule has 3 N–H and O–H groups in total. The summed E-state index contributed by atoms with van der Waals surface area (Å²) in [5, 5.41) is 0. The molecule has 122 valence electrons. The van der Waals surface area contributed by atoms with Crippen LogP contribution in [0.2, 0.25) is 0 Å². The van der Waals surface area contributed by atoms with Gasteiger partial charge < -0.3 is 10.5 Å². The van der Waals surface area contributed by atoms with Crippen molar-refractivity contribution in [3.8, 4) is 16.9 Å². The summed E-state index contributed by atoms with van der Waals surface area (Å²) in [5.41, 5.74) is 9.45. The van der Waals surface area contributed by atoms with E-state index in [9.17, 15) is 8.42 Å². The third-order valence-electron chi connectivity index (χ3n) is 3.99. The second-order valence-electron chi connectivity index (χ2n) is 5.92. The van der Waals surface area contributed by atoms with Crippen LogP contribution in [0, 0.1) is 0 Å². The number of anilines is 1. The topological polar surface area (TPSA) is 81.4 Å². The third-order valence-corrected chi connectivity index (χ3v) is 4.60. The molecule has 2 aromatic carbocycles. The van der Waals surface area contributed by atoms with E-state index in [1.807, 2.05) is 12.1 Å². The largest absolute Gasteiger partial charge is 0.496 e. The van der Waals surface area contributed by atoms with Gasteiger partial charge in [0.15, 0.2) is 0 Å². The van der Waals surface area contributed by atoms with Crippen LogP contribution in [-0.4, -0.2) is 27.8 Å². The van der Waals surface area contributed by atoms with Crippen molar-refractivity contribution >= 4 is 15.7 Å². The van der Waals surface area contributed by atoms with Gasteiger partial charge in [-0.15, -0.1) is 0 Å². The van der Waals surface area contributed by atoms with E-state index in [1.54, 1.807) is 25.3 Å². The van der Waals surface area contributed by atoms with Crippen LogP contribution >= 0.6 is 0 Å². The molecule has 1 aliphatic rings. The van der Waals surface area contributed by atoms with Crippen molar-refractivity contribution in [1.82, 2.24) is 0 Å². The summed E-state index contributed by atoms with van der Waals surface area (Å²) in [7, 11) is -1.72. The summed E-state index contributed by atoms with van der Waals surface area (Å²) < 4.78 is 30.7. The quantitative estimate of drug-likeness (QED) is 0.881. The lowest BCUT2D eigenvalue weighted by molar-refractivity contribution is 0.416. The number of sulfonamides is 1. The van der Waals surface area contributed by atoms with Crippen LogP contribution < -0.4 is 15.2 Å². The molecule has 0 amide bonds. The zero-order chi connectivity index (χ0) is 16.6. The molecule has 3 rings (SSSR count). The molecule has 0 bridgehead atoms. The van der Waals surface area contributed by atoms with Crippen LogP contribution in [0.15, 0.2) is 42.5 Å². The molecule has 0 spiro atoms. The number of hydrogen-bond donors (Lipinski definition) is 2. The Labute approximate surface area is 136 Å². The average molecular weight is 332 g/mol. The maximum Gasteiger partial charge on any atom is 0.229 e. The fourth-order valence-corrected chi connectivity index (χ4v) is 3.27. The van der Waals surface area contributed by atoms with Gasteiger partial charge in [0.1, 0.15) is 5.75 Å². The fraction of sp³-hybridized carbons (Fsp3) is 0.294. The van der Waals surface area contributed by atoms with Crippen molar-refractivity contribution < 1.29 is 13.2 Å². The van der Waals surface area contributed by atoms with Gasteiger partial charge in [-0.1, -0.05) is 24.3 Å². The number of nitrogens with one attached hydrogen (secondary N) is 1. The molecule has 0 aromatic heterocycles. The highest BCUT2D eigenvalue weighted by Gasteiger charge is 2.34. The van der Waals surface area contributed by atoms with Crippen LogP contribution in [-0.2, 0) is 10.0 Å². The van der Waals surface area contributed by atoms with Crippen LogP contribution in [0.5, 0.6) is 5.75 Å². The molecule has 0 radical (unpaired) electrons. The Morgan fingerprint density at radius 3 is 2.35 bits per heavy atom. The Morgan fingerprint density at radius 2 is 1.83 bits per heavy atom. The Morgan fingerprint density at radius 1 is 1.17 bits per heavy atom. The SMILES string of the molecule is COc1ccc(NS(C)(=O)=O)cc1-c1ccc([C@@H]2C[C@H]2N)cc1. The van der Waals surface area contributed by atoms with Gasteiger partial charge in [0.05, 0.1) is 13.4 Å². The van der Waals surface area contributed by atoms with Crippen molar-refractivity contribution in [3.63, 3.8) is 0 Å². The highest BCUT2D eigenvalue weighted by molar-refractivity contribution is 7.92. The summed E-state index contributed by atoms with van der Waals surface area (Å²) >= 11 is 0. The van der Waals surface area contributed by atoms with Crippen LogP contribution in [0.3, 0.4) is 0 Å². The standard InChI is InChI=1S/C17H20N2O3S/c1-22-17-8-7-13(19-23(2,20)21)9-15(17)12-5-3-11(4-6-12)14-10-16(14)18/h3-9,14,16,19H,10,18H2,1-2H3/t14-,16+/m0/s1. The molecular weight excluding hydrogens is 312 g/mol. The molecule has 6 heteroatoms. The third kappa shape index (κ3) is 3.65. The molecule has 2 atom stereocenters. The molecule has 1 aliphatic carbocycles. The molecular formula is C17H20N2O3S. The number of ether oxygens (including phenoxy) is 1. The first-order chi connectivity index (χ1) is 10.9. The fourth-order valence-electron chi connectivity index (χ4n) is 2.72. The Kier molecular flexibility index (Phi) is 4.04. The minimum Gasteiger partial charge on any atom is -0.496 e. The molecule has 0 unspecified atom stereocenters. The maximum atomic E-state index is 11.4. The first-order valence-electron chi connectivity index (χ1n) is 7.39. The number of benzene rings is 2. The highest BCUT2D eigenvalue weighted by Crippen LogP contribution is 2.40. The summed E-state index contributed by atoms with van der Waals surface area (Å²) in [6, 6.07) is 13.7. The van der Waals surface area contributed by atoms with E-state index in [0.717, 1.165) is 23.8 Å². The lowest BCUT2D eigenvalue weighted by Gasteiger charge is -2.12. The molecule has 0 aliphatic heterocycles. The normalized spacial score (nSPS) is 20.1. The molecule has 1 fully saturated rings. The van der Waals surface area contributed by atoms with E-state index >= 15 is 0 Å². The van der Waals surface area contributed by atoms with Crippen molar-refractivity contribution in [1.29, 1.82) is 0 Å². The van der Waals surface area contributed by atoms with E-state index in [4.69, 9.17) is 10.5 Å². The minimum atomic E-state index is -3.32. The second-order valence-corrected chi connectivity index (χ2v) is 7.67. The molecule has 5 nitrogen and oxygen atoms in total. The van der Waals surface area contributed by atoms with E-state index in [0.29, 0.717) is 17.4 Å². The molecule has 0 saturated heterocycles. The van der Waals surface area contributed by atoms with E-state index in [2.05, 4.69) is 16.9 Å². The molecule has 2 aromatic rings. The van der Waals surface area contributed by atoms with Crippen molar-refractivity contribution in [2.75, 3.05) is 18.1 Å². The van der Waals surface area contributed by atoms with E-state index in [1.165, 1.54) is 5.56 Å². The lowest BCUT2D eigenvalue weighted by Crippen LogP contribution is -2.09. The van der Waals surface area contributed by atoms with Crippen molar-refractivity contribution in [3.05, 3.63) is 48.0 Å². The van der Waals surface area contributed by atoms with E-state index < -0.39 is 10.0 Å². The van der Waals surface area contributed by atoms with Gasteiger partial charge in [0.25, 0.3) is 0 Å². The van der Waals surface area contributed by atoms with Gasteiger partial charge in [0, 0.05) is 23.2 Å². The molecule has 0 heterocycles. The Bertz CT molecular complexity index is 816. The average Bonchev–Trinajstić information content (AvgIpc) is 3.23. The first-order valence-corrected chi connectivity index (χ1v) is 9.28. The number of hydrogen-bond acceptors (Lipinski definition) is 4. The zero-order valence-corrected chi connectivity index (χ0v) is 13.9. The summed E-state index contributed by atoms with van der Waals surface area (Å²) in [6.45, 7) is 0. The van der Waals surface area contributed by atoms with Gasteiger partial charge in [-0.2, -0.15) is 0 Å². The predicted molar refractivity (Wildman–Crippen MR) is 92.2 cm³/mol. The van der Waals surface area contributed by atoms with Crippen molar-refractivity contribution in [2.24, 2.45) is 5.73 Å². The second kappa shape index (κ2) is 5.86. The number of nitrogens with two attached hydrogens (primary N) is 1. The first kappa shape index (κ1) is 15.8. The summed E-state index contributed by atoms with van der Waals surface area (Å²) in [5.74, 6) is 1.16. The van der Waals surface area contributed by atoms with Crippen LogP contribution in [0.4, 0.5) is 5.69 Å². The molecule has 1 saturated carbocycles. The van der Waals surface area contributed by atoms with Gasteiger partial charge in [-0.3, -0.25) is 4.72 Å². The van der Waals surface area contributed by atoms with Gasteiger partial charge in [-0.05, 0) is 35.7 Å². The smallest absolute Gasteiger partial charge is 0.229 e. The van der Waals surface area contributed by atoms with Gasteiger partial charge in [-0.25, -0.2) is 8.42 Å². The van der Waals surface area contributed by atoms with Crippen LogP contribution in [0.25, 0.3) is 11.1 Å². The zero-order valence-electron chi connectivity index (χ0n) is 13.1. The predicted octanol–water partition coefficient (Wildman–Crippen LogP) is 2.55. The summed E-state index contributed by atoms with van der Waals surface area (Å²) in [6.07, 6.45) is 2.17. The van der Waals surface area contributed by atoms with E-state index in [-0.39, 0.29) is 6.04 Å². The highest BCUT2D eigenvalue weighted by atomic mass is 32.2. The lowest BCUT2D eigenvalue weighted by atomic mass is 10.0. The number of methoxy groups -OCH3 is 1. The maximum absolute atomic E-state index is 11.4. The van der Waals surface area contributed by atoms with Gasteiger partial charge in [0.2, 0.25) is 10.0 Å². The number of rotatable bonds is 5.